The van der Waals surface area contributed by atoms with E-state index < -0.39 is 12.1 Å². The molecule has 3 aliphatic rings. The van der Waals surface area contributed by atoms with Crippen molar-refractivity contribution in [3.63, 3.8) is 0 Å². The Morgan fingerprint density at radius 1 is 1.05 bits per heavy atom. The van der Waals surface area contributed by atoms with Crippen molar-refractivity contribution in [2.75, 3.05) is 27.3 Å². The standard InChI is InChI=1S/C30H33N3O4/c1-36-20-12-13-22(26(16-20)37-2)29-28-23(21-10-6-7-11-24(21)31-28)17-25-30(35)32(18-27(34)33(25)29)15-14-19-8-4-3-5-9-19/h6-8,10-13,16,25,29,31H,3-5,9,14-15,17-18H2,1-2H3/t25-,29?/m0/s1. The fourth-order valence-corrected chi connectivity index (χ4v) is 6.29. The number of methoxy groups -OCH3 is 2. The zero-order chi connectivity index (χ0) is 25.5. The van der Waals surface area contributed by atoms with Crippen LogP contribution in [0.3, 0.4) is 0 Å². The van der Waals surface area contributed by atoms with Crippen molar-refractivity contribution < 1.29 is 19.1 Å². The quantitative estimate of drug-likeness (QED) is 0.496. The highest BCUT2D eigenvalue weighted by atomic mass is 16.5. The van der Waals surface area contributed by atoms with Crippen LogP contribution in [0.25, 0.3) is 10.9 Å². The molecule has 7 nitrogen and oxygen atoms in total. The van der Waals surface area contributed by atoms with Crippen LogP contribution in [-0.2, 0) is 16.0 Å². The molecule has 1 N–H and O–H groups in total. The van der Waals surface area contributed by atoms with Gasteiger partial charge in [-0.2, -0.15) is 0 Å². The van der Waals surface area contributed by atoms with E-state index in [-0.39, 0.29) is 18.4 Å². The highest BCUT2D eigenvalue weighted by molar-refractivity contribution is 5.97. The number of carbonyl (C=O) groups is 2. The third-order valence-corrected chi connectivity index (χ3v) is 8.17. The van der Waals surface area contributed by atoms with E-state index in [9.17, 15) is 9.59 Å². The van der Waals surface area contributed by atoms with Gasteiger partial charge in [0.1, 0.15) is 23.6 Å². The maximum Gasteiger partial charge on any atom is 0.246 e. The number of rotatable bonds is 6. The van der Waals surface area contributed by atoms with Gasteiger partial charge in [0, 0.05) is 41.2 Å². The van der Waals surface area contributed by atoms with Crippen molar-refractivity contribution in [3.8, 4) is 11.5 Å². The smallest absolute Gasteiger partial charge is 0.246 e. The van der Waals surface area contributed by atoms with Gasteiger partial charge in [0.15, 0.2) is 0 Å². The maximum atomic E-state index is 13.9. The van der Waals surface area contributed by atoms with Crippen molar-refractivity contribution in [3.05, 3.63) is 70.9 Å². The van der Waals surface area contributed by atoms with E-state index in [1.165, 1.54) is 18.4 Å². The van der Waals surface area contributed by atoms with Crippen LogP contribution in [0, 0.1) is 0 Å². The van der Waals surface area contributed by atoms with E-state index in [4.69, 9.17) is 9.47 Å². The molecule has 1 unspecified atom stereocenters. The van der Waals surface area contributed by atoms with Gasteiger partial charge in [-0.1, -0.05) is 29.8 Å². The molecule has 2 atom stereocenters. The fraction of sp³-hybridized carbons (Fsp3) is 0.400. The number of nitrogens with zero attached hydrogens (tertiary/aromatic N) is 2. The molecule has 0 radical (unpaired) electrons. The fourth-order valence-electron chi connectivity index (χ4n) is 6.29. The molecule has 2 aliphatic heterocycles. The summed E-state index contributed by atoms with van der Waals surface area (Å²) < 4.78 is 11.2. The number of amides is 2. The highest BCUT2D eigenvalue weighted by Gasteiger charge is 2.48. The predicted molar refractivity (Wildman–Crippen MR) is 142 cm³/mol. The highest BCUT2D eigenvalue weighted by Crippen LogP contribution is 2.45. The number of carbonyl (C=O) groups excluding carboxylic acids is 2. The summed E-state index contributed by atoms with van der Waals surface area (Å²) in [5.41, 5.74) is 5.30. The summed E-state index contributed by atoms with van der Waals surface area (Å²) in [5.74, 6) is 1.30. The molecule has 0 saturated carbocycles. The molecule has 3 heterocycles. The number of aromatic amines is 1. The molecule has 37 heavy (non-hydrogen) atoms. The molecule has 0 spiro atoms. The lowest BCUT2D eigenvalue weighted by atomic mass is 9.85. The van der Waals surface area contributed by atoms with Gasteiger partial charge >= 0.3 is 0 Å². The van der Waals surface area contributed by atoms with Crippen LogP contribution in [0.2, 0.25) is 0 Å². The first kappa shape index (κ1) is 23.6. The molecule has 7 heteroatoms. The monoisotopic (exact) mass is 499 g/mol. The number of benzene rings is 2. The van der Waals surface area contributed by atoms with Gasteiger partial charge in [0.05, 0.1) is 20.8 Å². The normalized spacial score (nSPS) is 21.5. The van der Waals surface area contributed by atoms with Crippen LogP contribution < -0.4 is 9.47 Å². The lowest BCUT2D eigenvalue weighted by Crippen LogP contribution is -2.63. The zero-order valence-electron chi connectivity index (χ0n) is 21.5. The molecular weight excluding hydrogens is 466 g/mol. The van der Waals surface area contributed by atoms with Gasteiger partial charge in [-0.15, -0.1) is 0 Å². The molecule has 3 aromatic rings. The van der Waals surface area contributed by atoms with Crippen molar-refractivity contribution in [2.45, 2.75) is 50.6 Å². The summed E-state index contributed by atoms with van der Waals surface area (Å²) in [5, 5.41) is 1.10. The second-order valence-corrected chi connectivity index (χ2v) is 10.2. The summed E-state index contributed by atoms with van der Waals surface area (Å²) in [6.45, 7) is 0.700. The van der Waals surface area contributed by atoms with Gasteiger partial charge in [0.2, 0.25) is 11.8 Å². The van der Waals surface area contributed by atoms with Crippen LogP contribution >= 0.6 is 0 Å². The number of hydrogen-bond donors (Lipinski definition) is 1. The van der Waals surface area contributed by atoms with E-state index in [1.54, 1.807) is 24.0 Å². The molecule has 6 rings (SSSR count). The lowest BCUT2D eigenvalue weighted by Gasteiger charge is -2.47. The Bertz CT molecular complexity index is 1390. The molecule has 1 fully saturated rings. The third-order valence-electron chi connectivity index (χ3n) is 8.17. The van der Waals surface area contributed by atoms with E-state index in [1.807, 2.05) is 36.4 Å². The molecule has 0 bridgehead atoms. The summed E-state index contributed by atoms with van der Waals surface area (Å²) in [6, 6.07) is 12.8. The Morgan fingerprint density at radius 2 is 1.92 bits per heavy atom. The van der Waals surface area contributed by atoms with Gasteiger partial charge in [-0.25, -0.2) is 0 Å². The van der Waals surface area contributed by atoms with Crippen molar-refractivity contribution in [2.24, 2.45) is 0 Å². The molecule has 2 aromatic carbocycles. The Morgan fingerprint density at radius 3 is 2.70 bits per heavy atom. The number of aromatic nitrogens is 1. The lowest BCUT2D eigenvalue weighted by molar-refractivity contribution is -0.158. The van der Waals surface area contributed by atoms with Gasteiger partial charge in [-0.05, 0) is 55.9 Å². The minimum atomic E-state index is -0.551. The van der Waals surface area contributed by atoms with E-state index >= 15 is 0 Å². The van der Waals surface area contributed by atoms with E-state index in [0.29, 0.717) is 24.5 Å². The number of hydrogen-bond acceptors (Lipinski definition) is 4. The Hall–Kier alpha value is -3.74. The second-order valence-electron chi connectivity index (χ2n) is 10.2. The van der Waals surface area contributed by atoms with E-state index in [0.717, 1.165) is 47.0 Å². The Kier molecular flexibility index (Phi) is 6.14. The number of fused-ring (bicyclic) bond motifs is 4. The largest absolute Gasteiger partial charge is 0.497 e. The van der Waals surface area contributed by atoms with Crippen LogP contribution in [0.15, 0.2) is 54.1 Å². The molecule has 1 aromatic heterocycles. The number of nitrogens with one attached hydrogen (secondary N) is 1. The minimum Gasteiger partial charge on any atom is -0.497 e. The van der Waals surface area contributed by atoms with Crippen LogP contribution in [0.5, 0.6) is 11.5 Å². The molecule has 2 amide bonds. The summed E-state index contributed by atoms with van der Waals surface area (Å²) in [6.07, 6.45) is 8.33. The minimum absolute atomic E-state index is 0.0319. The number of H-pyrrole nitrogens is 1. The van der Waals surface area contributed by atoms with Crippen LogP contribution in [0.1, 0.15) is 55.0 Å². The summed E-state index contributed by atoms with van der Waals surface area (Å²) in [7, 11) is 3.24. The molecule has 1 saturated heterocycles. The topological polar surface area (TPSA) is 74.9 Å². The van der Waals surface area contributed by atoms with Crippen molar-refractivity contribution in [1.29, 1.82) is 0 Å². The van der Waals surface area contributed by atoms with Crippen LogP contribution in [-0.4, -0.2) is 59.9 Å². The van der Waals surface area contributed by atoms with Crippen LogP contribution in [0.4, 0.5) is 0 Å². The average molecular weight is 500 g/mol. The first-order chi connectivity index (χ1) is 18.1. The predicted octanol–water partition coefficient (Wildman–Crippen LogP) is 4.76. The van der Waals surface area contributed by atoms with Gasteiger partial charge < -0.3 is 24.3 Å². The molecule has 192 valence electrons. The Balaban J connectivity index is 1.42. The summed E-state index contributed by atoms with van der Waals surface area (Å²) in [4.78, 5) is 34.9. The zero-order valence-corrected chi connectivity index (χ0v) is 21.5. The third kappa shape index (κ3) is 4.06. The number of allylic oxidation sites excluding steroid dienone is 1. The molecule has 1 aliphatic carbocycles. The summed E-state index contributed by atoms with van der Waals surface area (Å²) >= 11 is 0. The first-order valence-electron chi connectivity index (χ1n) is 13.2. The van der Waals surface area contributed by atoms with Gasteiger partial charge in [-0.3, -0.25) is 9.59 Å². The average Bonchev–Trinajstić information content (AvgIpc) is 3.31. The van der Waals surface area contributed by atoms with Crippen molar-refractivity contribution in [1.82, 2.24) is 14.8 Å². The second kappa shape index (κ2) is 9.61. The Labute approximate surface area is 217 Å². The number of piperazine rings is 1. The first-order valence-corrected chi connectivity index (χ1v) is 13.2. The maximum absolute atomic E-state index is 13.9. The van der Waals surface area contributed by atoms with Crippen molar-refractivity contribution >= 4 is 22.7 Å². The number of ether oxygens (including phenoxy) is 2. The number of para-hydroxylation sites is 1. The SMILES string of the molecule is COc1ccc(C2c3[nH]c4ccccc4c3C[C@H]3C(=O)N(CCC4=CCCCC4)CC(=O)N23)c(OC)c1. The van der Waals surface area contributed by atoms with E-state index in [2.05, 4.69) is 17.1 Å². The van der Waals surface area contributed by atoms with Gasteiger partial charge in [0.25, 0.3) is 0 Å². The molecular formula is C30H33N3O4.